The van der Waals surface area contributed by atoms with Gasteiger partial charge in [-0.2, -0.15) is 5.10 Å². The predicted octanol–water partition coefficient (Wildman–Crippen LogP) is 4.27. The largest absolute Gasteiger partial charge is 0.573 e. The van der Waals surface area contributed by atoms with Crippen molar-refractivity contribution in [3.8, 4) is 5.75 Å². The fraction of sp³-hybridized carbons (Fsp3) is 0.263. The molecule has 1 heterocycles. The fourth-order valence-corrected chi connectivity index (χ4v) is 3.15. The summed E-state index contributed by atoms with van der Waals surface area (Å²) in [5, 5.41) is 10.8. The maximum absolute atomic E-state index is 12.4. The Bertz CT molecular complexity index is 976. The molecule has 27 heavy (non-hydrogen) atoms. The van der Waals surface area contributed by atoms with E-state index in [4.69, 9.17) is 0 Å². The molecule has 0 saturated heterocycles. The van der Waals surface area contributed by atoms with Crippen LogP contribution in [0.1, 0.15) is 40.2 Å². The van der Waals surface area contributed by atoms with Crippen molar-refractivity contribution in [2.75, 3.05) is 0 Å². The first kappa shape index (κ1) is 17.4. The number of rotatable bonds is 5. The molecule has 2 N–H and O–H groups in total. The number of ether oxygens (including phenoxy) is 1. The number of carbonyl (C=O) groups excluding carboxylic acids is 1. The lowest BCUT2D eigenvalue weighted by Gasteiger charge is -2.12. The van der Waals surface area contributed by atoms with E-state index in [0.717, 1.165) is 41.4 Å². The molecule has 4 rings (SSSR count). The summed E-state index contributed by atoms with van der Waals surface area (Å²) < 4.78 is 40.4. The van der Waals surface area contributed by atoms with Crippen LogP contribution in [0.15, 0.2) is 42.6 Å². The highest BCUT2D eigenvalue weighted by Crippen LogP contribution is 2.43. The molecule has 1 fully saturated rings. The second-order valence-corrected chi connectivity index (χ2v) is 6.49. The van der Waals surface area contributed by atoms with Crippen molar-refractivity contribution < 1.29 is 22.7 Å². The lowest BCUT2D eigenvalue weighted by atomic mass is 9.99. The quantitative estimate of drug-likeness (QED) is 0.700. The molecule has 0 spiro atoms. The minimum Gasteiger partial charge on any atom is -0.406 e. The Hall–Kier alpha value is -3.03. The van der Waals surface area contributed by atoms with Crippen LogP contribution in [0.25, 0.3) is 10.9 Å². The van der Waals surface area contributed by atoms with Crippen LogP contribution in [0.4, 0.5) is 13.2 Å². The molecular formula is C19H16F3N3O2. The molecule has 1 aliphatic carbocycles. The topological polar surface area (TPSA) is 67.0 Å². The third-order valence-electron chi connectivity index (χ3n) is 4.56. The number of nitrogens with zero attached hydrogens (tertiary/aromatic N) is 1. The van der Waals surface area contributed by atoms with Crippen molar-refractivity contribution in [1.29, 1.82) is 0 Å². The van der Waals surface area contributed by atoms with E-state index < -0.39 is 6.36 Å². The van der Waals surface area contributed by atoms with Crippen LogP contribution in [0.3, 0.4) is 0 Å². The smallest absolute Gasteiger partial charge is 0.406 e. The Morgan fingerprint density at radius 3 is 2.59 bits per heavy atom. The molecule has 1 aliphatic rings. The Balaban J connectivity index is 1.49. The molecule has 0 aliphatic heterocycles. The third kappa shape index (κ3) is 3.89. The van der Waals surface area contributed by atoms with Gasteiger partial charge in [0.05, 0.1) is 11.7 Å². The maximum Gasteiger partial charge on any atom is 0.573 e. The van der Waals surface area contributed by atoms with Crippen molar-refractivity contribution >= 4 is 16.8 Å². The molecule has 1 amide bonds. The summed E-state index contributed by atoms with van der Waals surface area (Å²) in [7, 11) is 0. The maximum atomic E-state index is 12.4. The lowest BCUT2D eigenvalue weighted by molar-refractivity contribution is -0.274. The van der Waals surface area contributed by atoms with Gasteiger partial charge < -0.3 is 10.1 Å². The highest BCUT2D eigenvalue weighted by atomic mass is 19.4. The van der Waals surface area contributed by atoms with E-state index in [1.54, 1.807) is 6.20 Å². The molecule has 0 atom stereocenters. The summed E-state index contributed by atoms with van der Waals surface area (Å²) in [6.07, 6.45) is -0.756. The Morgan fingerprint density at radius 1 is 1.19 bits per heavy atom. The number of hydrogen-bond donors (Lipinski definition) is 2. The first-order valence-corrected chi connectivity index (χ1v) is 8.49. The van der Waals surface area contributed by atoms with E-state index in [-0.39, 0.29) is 17.2 Å². The molecule has 140 valence electrons. The molecule has 3 aromatic rings. The minimum atomic E-state index is -4.76. The highest BCUT2D eigenvalue weighted by Gasteiger charge is 2.31. The van der Waals surface area contributed by atoms with Gasteiger partial charge in [0.2, 0.25) is 0 Å². The number of aromatic nitrogens is 2. The number of amides is 1. The highest BCUT2D eigenvalue weighted by molar-refractivity contribution is 5.94. The van der Waals surface area contributed by atoms with Crippen LogP contribution < -0.4 is 10.1 Å². The summed E-state index contributed by atoms with van der Waals surface area (Å²) in [6.45, 7) is 0.322. The number of carbonyl (C=O) groups is 1. The molecule has 1 saturated carbocycles. The van der Waals surface area contributed by atoms with Crippen molar-refractivity contribution in [1.82, 2.24) is 15.5 Å². The zero-order chi connectivity index (χ0) is 19.0. The molecule has 5 nitrogen and oxygen atoms in total. The van der Waals surface area contributed by atoms with Crippen molar-refractivity contribution in [2.24, 2.45) is 0 Å². The summed E-state index contributed by atoms with van der Waals surface area (Å²) in [4.78, 5) is 12.4. The molecule has 0 bridgehead atoms. The second-order valence-electron chi connectivity index (χ2n) is 6.49. The van der Waals surface area contributed by atoms with E-state index in [9.17, 15) is 18.0 Å². The van der Waals surface area contributed by atoms with Gasteiger partial charge in [-0.1, -0.05) is 6.07 Å². The average molecular weight is 375 g/mol. The monoisotopic (exact) mass is 375 g/mol. The van der Waals surface area contributed by atoms with Gasteiger partial charge in [0.15, 0.2) is 0 Å². The summed E-state index contributed by atoms with van der Waals surface area (Å²) in [5.41, 5.74) is 3.39. The Labute approximate surface area is 152 Å². The number of benzene rings is 2. The van der Waals surface area contributed by atoms with Crippen molar-refractivity contribution in [3.63, 3.8) is 0 Å². The number of alkyl halides is 3. The van der Waals surface area contributed by atoms with Gasteiger partial charge in [0.25, 0.3) is 5.91 Å². The van der Waals surface area contributed by atoms with Gasteiger partial charge in [-0.25, -0.2) is 0 Å². The third-order valence-corrected chi connectivity index (χ3v) is 4.56. The molecule has 0 unspecified atom stereocenters. The number of fused-ring (bicyclic) bond motifs is 1. The Kier molecular flexibility index (Phi) is 4.25. The van der Waals surface area contributed by atoms with E-state index >= 15 is 0 Å². The van der Waals surface area contributed by atoms with Crippen LogP contribution in [0.5, 0.6) is 5.75 Å². The zero-order valence-electron chi connectivity index (χ0n) is 14.1. The number of nitrogens with one attached hydrogen (secondary N) is 2. The zero-order valence-corrected chi connectivity index (χ0v) is 14.1. The molecule has 0 radical (unpaired) electrons. The second kappa shape index (κ2) is 6.61. The van der Waals surface area contributed by atoms with E-state index in [2.05, 4.69) is 26.3 Å². The van der Waals surface area contributed by atoms with E-state index in [1.807, 2.05) is 6.07 Å². The number of H-pyrrole nitrogens is 1. The lowest BCUT2D eigenvalue weighted by Crippen LogP contribution is -2.23. The molecular weight excluding hydrogens is 359 g/mol. The minimum absolute atomic E-state index is 0.261. The summed E-state index contributed by atoms with van der Waals surface area (Å²) >= 11 is 0. The van der Waals surface area contributed by atoms with Crippen LogP contribution in [-0.4, -0.2) is 22.5 Å². The molecule has 2 aromatic carbocycles. The summed E-state index contributed by atoms with van der Waals surface area (Å²) in [5.74, 6) is -0.218. The van der Waals surface area contributed by atoms with Crippen molar-refractivity contribution in [2.45, 2.75) is 31.7 Å². The van der Waals surface area contributed by atoms with Crippen LogP contribution in [-0.2, 0) is 6.54 Å². The predicted molar refractivity (Wildman–Crippen MR) is 92.4 cm³/mol. The van der Waals surface area contributed by atoms with Gasteiger partial charge in [-0.3, -0.25) is 9.89 Å². The van der Waals surface area contributed by atoms with Crippen LogP contribution in [0.2, 0.25) is 0 Å². The average Bonchev–Trinajstić information content (AvgIpc) is 3.35. The van der Waals surface area contributed by atoms with E-state index in [1.165, 1.54) is 17.7 Å². The Morgan fingerprint density at radius 2 is 1.93 bits per heavy atom. The number of hydrogen-bond acceptors (Lipinski definition) is 3. The first-order chi connectivity index (χ1) is 12.9. The fourth-order valence-electron chi connectivity index (χ4n) is 3.15. The molecule has 1 aromatic heterocycles. The molecule has 8 heteroatoms. The van der Waals surface area contributed by atoms with Crippen molar-refractivity contribution in [3.05, 3.63) is 59.3 Å². The number of aromatic amines is 1. The van der Waals surface area contributed by atoms with Crippen LogP contribution >= 0.6 is 0 Å². The van der Waals surface area contributed by atoms with E-state index in [0.29, 0.717) is 12.5 Å². The van der Waals surface area contributed by atoms with Gasteiger partial charge in [0, 0.05) is 17.5 Å². The van der Waals surface area contributed by atoms with Crippen LogP contribution in [0, 0.1) is 0 Å². The standard InChI is InChI=1S/C19H16F3N3O2/c20-19(21,22)27-13-5-3-12(4-6-13)18(26)23-9-15-14(11-1-2-11)7-8-17-16(15)10-24-25-17/h3-8,10-11H,1-2,9H2,(H,23,26)(H,24,25). The van der Waals surface area contributed by atoms with Gasteiger partial charge in [-0.05, 0) is 60.2 Å². The first-order valence-electron chi connectivity index (χ1n) is 8.49. The number of halogens is 3. The van der Waals surface area contributed by atoms with Gasteiger partial charge >= 0.3 is 6.36 Å². The SMILES string of the molecule is O=C(NCc1c(C2CC2)ccc2[nH]ncc12)c1ccc(OC(F)(F)F)cc1. The van der Waals surface area contributed by atoms with Gasteiger partial charge in [0.1, 0.15) is 5.75 Å². The summed E-state index contributed by atoms with van der Waals surface area (Å²) in [6, 6.07) is 8.89. The van der Waals surface area contributed by atoms with Gasteiger partial charge in [-0.15, -0.1) is 13.2 Å². The normalized spacial score (nSPS) is 14.3.